The quantitative estimate of drug-likeness (QED) is 0.560. The first kappa shape index (κ1) is 30.0. The van der Waals surface area contributed by atoms with E-state index in [4.69, 9.17) is 24.8 Å². The third-order valence-corrected chi connectivity index (χ3v) is 6.14. The van der Waals surface area contributed by atoms with Crippen molar-refractivity contribution in [1.29, 1.82) is 0 Å². The number of piperidine rings is 1. The van der Waals surface area contributed by atoms with E-state index in [2.05, 4.69) is 45.5 Å². The molecule has 9 nitrogen and oxygen atoms in total. The minimum absolute atomic E-state index is 0.118. The van der Waals surface area contributed by atoms with Crippen LogP contribution >= 0.6 is 0 Å². The van der Waals surface area contributed by atoms with E-state index in [1.165, 1.54) is 11.5 Å². The van der Waals surface area contributed by atoms with Gasteiger partial charge in [0.05, 0.1) is 11.2 Å². The monoisotopic (exact) mass is 539 g/mol. The highest BCUT2D eigenvalue weighted by Crippen LogP contribution is 2.40. The Morgan fingerprint density at radius 3 is 1.95 bits per heavy atom. The van der Waals surface area contributed by atoms with Gasteiger partial charge in [0.15, 0.2) is 0 Å². The number of hydrogen-bond donors (Lipinski definition) is 2. The number of likely N-dealkylation sites (N-methyl/N-ethyl adjacent to an activating group) is 1. The van der Waals surface area contributed by atoms with E-state index in [0.717, 1.165) is 51.3 Å². The van der Waals surface area contributed by atoms with Gasteiger partial charge in [0.2, 0.25) is 0 Å². The summed E-state index contributed by atoms with van der Waals surface area (Å²) in [6.07, 6.45) is -3.95. The summed E-state index contributed by atoms with van der Waals surface area (Å²) in [5, 5.41) is 14.2. The van der Waals surface area contributed by atoms with Crippen LogP contribution in [0.25, 0.3) is 0 Å². The lowest BCUT2D eigenvalue weighted by Crippen LogP contribution is -2.56. The maximum absolute atomic E-state index is 10.6. The molecule has 0 saturated carbocycles. The predicted octanol–water partition coefficient (Wildman–Crippen LogP) is 3.29. The Kier molecular flexibility index (Phi) is 9.66. The zero-order chi connectivity index (χ0) is 28.0. The molecule has 4 rings (SSSR count). The molecule has 4 heterocycles. The van der Waals surface area contributed by atoms with Crippen LogP contribution in [-0.2, 0) is 28.2 Å². The van der Waals surface area contributed by atoms with Gasteiger partial charge in [-0.15, -0.1) is 0 Å². The number of carboxylic acids is 2. The molecule has 0 unspecified atom stereocenters. The minimum Gasteiger partial charge on any atom is -0.475 e. The lowest BCUT2D eigenvalue weighted by atomic mass is 9.83. The van der Waals surface area contributed by atoms with Crippen LogP contribution in [0, 0.1) is 6.92 Å². The second-order valence-corrected chi connectivity index (χ2v) is 8.53. The zero-order valence-corrected chi connectivity index (χ0v) is 20.1. The van der Waals surface area contributed by atoms with Crippen LogP contribution < -0.4 is 0 Å². The van der Waals surface area contributed by atoms with E-state index in [1.807, 2.05) is 18.5 Å². The van der Waals surface area contributed by atoms with Crippen molar-refractivity contribution >= 4 is 11.9 Å². The number of aliphatic carboxylic acids is 2. The molecule has 0 atom stereocenters. The van der Waals surface area contributed by atoms with Gasteiger partial charge < -0.3 is 14.8 Å². The summed E-state index contributed by atoms with van der Waals surface area (Å²) in [5.74, 6) is -4.23. The molecule has 2 aromatic rings. The second kappa shape index (κ2) is 11.9. The van der Waals surface area contributed by atoms with Crippen LogP contribution in [0.5, 0.6) is 0 Å². The Morgan fingerprint density at radius 1 is 0.946 bits per heavy atom. The molecule has 0 aliphatic carbocycles. The number of rotatable bonds is 2. The van der Waals surface area contributed by atoms with Crippen LogP contribution in [0.3, 0.4) is 0 Å². The Bertz CT molecular complexity index is 1030. The number of aromatic nitrogens is 3. The fraction of sp³-hybridized carbons (Fsp3) is 0.545. The lowest BCUT2D eigenvalue weighted by Gasteiger charge is -2.49. The van der Waals surface area contributed by atoms with Gasteiger partial charge in [0.1, 0.15) is 5.82 Å². The SMILES string of the molecule is Cc1cnc2n1CCN(C)C21CCN(Cc2ccccn2)CC1.O=C(O)C(F)(F)F.O=C(O)C(F)(F)F. The standard InChI is InChI=1S/C18H25N5.2C2HF3O2/c1-15-13-20-17-18(21(2)11-12-23(15)17)6-9-22(10-7-18)14-16-5-3-4-8-19-16;2*3-2(4,5)1(6)7/h3-5,8,13H,6-7,9-12,14H2,1-2H3;2*(H,6,7). The zero-order valence-electron chi connectivity index (χ0n) is 20.1. The Labute approximate surface area is 208 Å². The molecule has 2 N–H and O–H groups in total. The van der Waals surface area contributed by atoms with E-state index < -0.39 is 24.3 Å². The number of halogens is 6. The molecule has 2 aliphatic heterocycles. The summed E-state index contributed by atoms with van der Waals surface area (Å²) in [6.45, 7) is 7.51. The maximum atomic E-state index is 10.6. The number of fused-ring (bicyclic) bond motifs is 2. The van der Waals surface area contributed by atoms with E-state index in [9.17, 15) is 26.3 Å². The van der Waals surface area contributed by atoms with Crippen LogP contribution in [0.15, 0.2) is 30.6 Å². The van der Waals surface area contributed by atoms with Crippen molar-refractivity contribution in [1.82, 2.24) is 24.3 Å². The van der Waals surface area contributed by atoms with Gasteiger partial charge >= 0.3 is 24.3 Å². The minimum atomic E-state index is -5.08. The fourth-order valence-electron chi connectivity index (χ4n) is 4.16. The molecular weight excluding hydrogens is 512 g/mol. The second-order valence-electron chi connectivity index (χ2n) is 8.53. The molecule has 15 heteroatoms. The smallest absolute Gasteiger partial charge is 0.475 e. The molecule has 0 radical (unpaired) electrons. The van der Waals surface area contributed by atoms with E-state index in [-0.39, 0.29) is 5.54 Å². The molecule has 0 amide bonds. The molecule has 1 fully saturated rings. The number of carboxylic acid groups (broad SMARTS) is 2. The van der Waals surface area contributed by atoms with Gasteiger partial charge in [-0.1, -0.05) is 6.07 Å². The molecule has 0 aromatic carbocycles. The van der Waals surface area contributed by atoms with E-state index in [0.29, 0.717) is 0 Å². The van der Waals surface area contributed by atoms with Crippen LogP contribution in [0.2, 0.25) is 0 Å². The lowest BCUT2D eigenvalue weighted by molar-refractivity contribution is -0.193. The third-order valence-electron chi connectivity index (χ3n) is 6.14. The summed E-state index contributed by atoms with van der Waals surface area (Å²) in [7, 11) is 2.27. The van der Waals surface area contributed by atoms with E-state index >= 15 is 0 Å². The van der Waals surface area contributed by atoms with Crippen LogP contribution in [-0.4, -0.2) is 85.5 Å². The number of alkyl halides is 6. The number of aryl methyl sites for hydroxylation is 1. The highest BCUT2D eigenvalue weighted by molar-refractivity contribution is 5.73. The molecule has 1 spiro atoms. The summed E-state index contributed by atoms with van der Waals surface area (Å²) in [6, 6.07) is 6.17. The third kappa shape index (κ3) is 7.89. The predicted molar refractivity (Wildman–Crippen MR) is 117 cm³/mol. The summed E-state index contributed by atoms with van der Waals surface area (Å²) < 4.78 is 65.9. The number of pyridine rings is 1. The van der Waals surface area contributed by atoms with Crippen molar-refractivity contribution in [2.45, 2.75) is 50.7 Å². The molecule has 1 saturated heterocycles. The first-order valence-corrected chi connectivity index (χ1v) is 11.0. The normalized spacial score (nSPS) is 17.6. The van der Waals surface area contributed by atoms with Crippen molar-refractivity contribution in [3.63, 3.8) is 0 Å². The number of hydrogen-bond acceptors (Lipinski definition) is 6. The topological polar surface area (TPSA) is 112 Å². The van der Waals surface area contributed by atoms with Gasteiger partial charge in [-0.3, -0.25) is 14.8 Å². The Morgan fingerprint density at radius 2 is 1.49 bits per heavy atom. The highest BCUT2D eigenvalue weighted by Gasteiger charge is 2.45. The van der Waals surface area contributed by atoms with Crippen molar-refractivity contribution in [3.05, 3.63) is 47.8 Å². The first-order valence-electron chi connectivity index (χ1n) is 11.0. The molecule has 2 aliphatic rings. The van der Waals surface area contributed by atoms with Gasteiger partial charge in [-0.25, -0.2) is 14.6 Å². The molecular formula is C22H27F6N5O4. The largest absolute Gasteiger partial charge is 0.490 e. The summed E-state index contributed by atoms with van der Waals surface area (Å²) in [4.78, 5) is 32.1. The van der Waals surface area contributed by atoms with Gasteiger partial charge in [-0.2, -0.15) is 26.3 Å². The Hall–Kier alpha value is -3.20. The molecule has 0 bridgehead atoms. The summed E-state index contributed by atoms with van der Waals surface area (Å²) >= 11 is 0. The Balaban J connectivity index is 0.000000286. The van der Waals surface area contributed by atoms with Gasteiger partial charge in [0, 0.05) is 50.8 Å². The maximum Gasteiger partial charge on any atom is 0.490 e. The van der Waals surface area contributed by atoms with Crippen molar-refractivity contribution < 1.29 is 46.1 Å². The highest BCUT2D eigenvalue weighted by atomic mass is 19.4. The van der Waals surface area contributed by atoms with Crippen LogP contribution in [0.1, 0.15) is 30.1 Å². The average Bonchev–Trinajstić information content (AvgIpc) is 3.19. The number of nitrogens with zero attached hydrogens (tertiary/aromatic N) is 5. The molecule has 206 valence electrons. The molecule has 2 aromatic heterocycles. The number of imidazole rings is 1. The fourth-order valence-corrected chi connectivity index (χ4v) is 4.16. The van der Waals surface area contributed by atoms with Crippen molar-refractivity contribution in [2.75, 3.05) is 26.7 Å². The first-order chi connectivity index (χ1) is 17.1. The van der Waals surface area contributed by atoms with Crippen molar-refractivity contribution in [2.24, 2.45) is 0 Å². The van der Waals surface area contributed by atoms with E-state index in [1.54, 1.807) is 0 Å². The summed E-state index contributed by atoms with van der Waals surface area (Å²) in [5.41, 5.74) is 2.58. The van der Waals surface area contributed by atoms with Gasteiger partial charge in [0.25, 0.3) is 0 Å². The number of likely N-dealkylation sites (tertiary alicyclic amines) is 1. The average molecular weight is 539 g/mol. The van der Waals surface area contributed by atoms with Crippen LogP contribution in [0.4, 0.5) is 26.3 Å². The molecule has 37 heavy (non-hydrogen) atoms. The van der Waals surface area contributed by atoms with Crippen molar-refractivity contribution in [3.8, 4) is 0 Å². The number of carbonyl (C=O) groups is 2. The van der Waals surface area contributed by atoms with Gasteiger partial charge in [-0.05, 0) is 38.9 Å².